The molecule has 0 bridgehead atoms. The number of ether oxygens (including phenoxy) is 1. The normalized spacial score (nSPS) is 11.0. The van der Waals surface area contributed by atoms with Crippen molar-refractivity contribution < 1.29 is 14.6 Å². The quantitative estimate of drug-likeness (QED) is 0.620. The number of aryl methyl sites for hydroxylation is 2. The third kappa shape index (κ3) is 3.60. The van der Waals surface area contributed by atoms with E-state index in [-0.39, 0.29) is 17.1 Å². The van der Waals surface area contributed by atoms with E-state index in [1.165, 1.54) is 19.3 Å². The Hall–Kier alpha value is -2.72. The van der Waals surface area contributed by atoms with Crippen molar-refractivity contribution in [2.75, 3.05) is 12.5 Å². The number of benzene rings is 1. The third-order valence-electron chi connectivity index (χ3n) is 3.43. The second-order valence-electron chi connectivity index (χ2n) is 5.12. The van der Waals surface area contributed by atoms with Gasteiger partial charge >= 0.3 is 0 Å². The average Bonchev–Trinajstić information content (AvgIpc) is 2.87. The van der Waals surface area contributed by atoms with Crippen LogP contribution in [-0.4, -0.2) is 22.8 Å². The number of rotatable bonds is 4. The van der Waals surface area contributed by atoms with Gasteiger partial charge in [0.15, 0.2) is 11.5 Å². The second-order valence-corrected chi connectivity index (χ2v) is 5.97. The Bertz CT molecular complexity index is 843. The summed E-state index contributed by atoms with van der Waals surface area (Å²) in [6, 6.07) is 8.76. The van der Waals surface area contributed by atoms with Crippen LogP contribution in [0, 0.1) is 25.2 Å². The molecule has 0 fully saturated rings. The van der Waals surface area contributed by atoms with Crippen LogP contribution in [0.3, 0.4) is 0 Å². The maximum absolute atomic E-state index is 12.3. The van der Waals surface area contributed by atoms with Crippen molar-refractivity contribution in [2.24, 2.45) is 0 Å². The van der Waals surface area contributed by atoms with Crippen LogP contribution >= 0.6 is 15.9 Å². The molecule has 0 radical (unpaired) electrons. The van der Waals surface area contributed by atoms with Gasteiger partial charge in [-0.3, -0.25) is 14.9 Å². The monoisotopic (exact) mass is 389 g/mol. The Morgan fingerprint density at radius 1 is 1.38 bits per heavy atom. The van der Waals surface area contributed by atoms with E-state index in [1.54, 1.807) is 10.7 Å². The molecule has 2 rings (SSSR count). The molecule has 1 aromatic carbocycles. The summed E-state index contributed by atoms with van der Waals surface area (Å²) >= 11 is 3.21. The van der Waals surface area contributed by atoms with Crippen LogP contribution in [0.15, 0.2) is 34.3 Å². The van der Waals surface area contributed by atoms with Crippen LogP contribution in [-0.2, 0) is 4.79 Å². The van der Waals surface area contributed by atoms with Crippen LogP contribution in [0.4, 0.5) is 0 Å². The summed E-state index contributed by atoms with van der Waals surface area (Å²) in [6.45, 7) is 3.70. The number of aromatic nitrogens is 1. The van der Waals surface area contributed by atoms with Crippen LogP contribution in [0.25, 0.3) is 6.08 Å². The van der Waals surface area contributed by atoms with E-state index in [0.717, 1.165) is 11.4 Å². The van der Waals surface area contributed by atoms with Gasteiger partial charge in [-0.25, -0.2) is 0 Å². The van der Waals surface area contributed by atoms with E-state index in [9.17, 15) is 15.2 Å². The molecule has 124 valence electrons. The van der Waals surface area contributed by atoms with Crippen molar-refractivity contribution in [2.45, 2.75) is 13.8 Å². The van der Waals surface area contributed by atoms with E-state index in [2.05, 4.69) is 21.4 Å². The van der Waals surface area contributed by atoms with E-state index in [4.69, 9.17) is 4.74 Å². The fraction of sp³-hybridized carbons (Fsp3) is 0.176. The molecule has 0 atom stereocenters. The van der Waals surface area contributed by atoms with Crippen molar-refractivity contribution >= 4 is 27.9 Å². The van der Waals surface area contributed by atoms with Gasteiger partial charge in [0.05, 0.1) is 11.6 Å². The molecule has 0 saturated heterocycles. The maximum Gasteiger partial charge on any atom is 0.280 e. The smallest absolute Gasteiger partial charge is 0.280 e. The molecule has 0 aliphatic heterocycles. The van der Waals surface area contributed by atoms with Crippen LogP contribution in [0.5, 0.6) is 11.5 Å². The van der Waals surface area contributed by atoms with E-state index in [1.807, 2.05) is 32.0 Å². The molecular weight excluding hydrogens is 374 g/mol. The van der Waals surface area contributed by atoms with Gasteiger partial charge in [-0.05, 0) is 65.7 Å². The lowest BCUT2D eigenvalue weighted by Crippen LogP contribution is -2.25. The summed E-state index contributed by atoms with van der Waals surface area (Å²) in [6.07, 6.45) is 1.43. The zero-order chi connectivity index (χ0) is 17.9. The fourth-order valence-electron chi connectivity index (χ4n) is 2.15. The number of carbonyl (C=O) groups is 1. The molecule has 2 N–H and O–H groups in total. The van der Waals surface area contributed by atoms with Gasteiger partial charge in [-0.2, -0.15) is 5.26 Å². The predicted octanol–water partition coefficient (Wildman–Crippen LogP) is 3.26. The van der Waals surface area contributed by atoms with Crippen molar-refractivity contribution in [3.05, 3.63) is 51.3 Å². The SMILES string of the molecule is COc1cc(/C=C(/C#N)C(=O)Nn2c(C)ccc2C)cc(Br)c1O. The van der Waals surface area contributed by atoms with Crippen LogP contribution in [0.1, 0.15) is 17.0 Å². The molecular formula is C17H16BrN3O3. The summed E-state index contributed by atoms with van der Waals surface area (Å²) in [5, 5.41) is 19.1. The molecule has 0 unspecified atom stereocenters. The Balaban J connectivity index is 2.34. The van der Waals surface area contributed by atoms with E-state index >= 15 is 0 Å². The molecule has 6 nitrogen and oxygen atoms in total. The number of phenols is 1. The summed E-state index contributed by atoms with van der Waals surface area (Å²) in [7, 11) is 1.42. The number of hydrogen-bond donors (Lipinski definition) is 2. The van der Waals surface area contributed by atoms with Gasteiger partial charge in [0.1, 0.15) is 11.6 Å². The Morgan fingerprint density at radius 3 is 2.54 bits per heavy atom. The number of methoxy groups -OCH3 is 1. The first-order valence-electron chi connectivity index (χ1n) is 7.02. The molecule has 0 aliphatic rings. The van der Waals surface area contributed by atoms with Gasteiger partial charge in [0.25, 0.3) is 5.91 Å². The molecule has 1 amide bonds. The van der Waals surface area contributed by atoms with Gasteiger partial charge in [0, 0.05) is 11.4 Å². The zero-order valence-corrected chi connectivity index (χ0v) is 15.0. The van der Waals surface area contributed by atoms with E-state index < -0.39 is 5.91 Å². The van der Waals surface area contributed by atoms with Crippen LogP contribution < -0.4 is 10.2 Å². The number of nitrogens with zero attached hydrogens (tertiary/aromatic N) is 2. The number of nitriles is 1. The Morgan fingerprint density at radius 2 is 2.00 bits per heavy atom. The van der Waals surface area contributed by atoms with Crippen LogP contribution in [0.2, 0.25) is 0 Å². The molecule has 0 spiro atoms. The molecule has 0 saturated carbocycles. The first-order valence-corrected chi connectivity index (χ1v) is 7.81. The van der Waals surface area contributed by atoms with Gasteiger partial charge in [0.2, 0.25) is 0 Å². The third-order valence-corrected chi connectivity index (χ3v) is 4.04. The fourth-order valence-corrected chi connectivity index (χ4v) is 2.61. The highest BCUT2D eigenvalue weighted by Gasteiger charge is 2.13. The summed E-state index contributed by atoms with van der Waals surface area (Å²) in [5.41, 5.74) is 4.86. The molecule has 2 aromatic rings. The highest BCUT2D eigenvalue weighted by molar-refractivity contribution is 9.10. The number of nitrogens with one attached hydrogen (secondary N) is 1. The number of amides is 1. The summed E-state index contributed by atoms with van der Waals surface area (Å²) in [4.78, 5) is 12.3. The molecule has 7 heteroatoms. The first-order chi connectivity index (χ1) is 11.4. The largest absolute Gasteiger partial charge is 0.503 e. The topological polar surface area (TPSA) is 87.3 Å². The van der Waals surface area contributed by atoms with E-state index in [0.29, 0.717) is 10.0 Å². The van der Waals surface area contributed by atoms with Gasteiger partial charge < -0.3 is 9.84 Å². The minimum atomic E-state index is -0.525. The minimum absolute atomic E-state index is 0.0452. The Kier molecular flexibility index (Phi) is 5.31. The lowest BCUT2D eigenvalue weighted by Gasteiger charge is -2.11. The summed E-state index contributed by atoms with van der Waals surface area (Å²) in [5.74, 6) is -0.329. The average molecular weight is 390 g/mol. The predicted molar refractivity (Wildman–Crippen MR) is 94.2 cm³/mol. The molecule has 1 heterocycles. The number of carbonyl (C=O) groups excluding carboxylic acids is 1. The molecule has 24 heavy (non-hydrogen) atoms. The summed E-state index contributed by atoms with van der Waals surface area (Å²) < 4.78 is 7.08. The lowest BCUT2D eigenvalue weighted by molar-refractivity contribution is -0.113. The van der Waals surface area contributed by atoms with Crippen molar-refractivity contribution in [3.63, 3.8) is 0 Å². The lowest BCUT2D eigenvalue weighted by atomic mass is 10.1. The number of halogens is 1. The second kappa shape index (κ2) is 7.23. The number of phenolic OH excluding ortho intramolecular Hbond substituents is 1. The minimum Gasteiger partial charge on any atom is -0.503 e. The van der Waals surface area contributed by atoms with Crippen molar-refractivity contribution in [3.8, 4) is 17.6 Å². The first kappa shape index (κ1) is 17.6. The van der Waals surface area contributed by atoms with Gasteiger partial charge in [-0.1, -0.05) is 0 Å². The highest BCUT2D eigenvalue weighted by atomic mass is 79.9. The molecule has 1 aromatic heterocycles. The van der Waals surface area contributed by atoms with Gasteiger partial charge in [-0.15, -0.1) is 0 Å². The van der Waals surface area contributed by atoms with Crippen molar-refractivity contribution in [1.29, 1.82) is 5.26 Å². The molecule has 0 aliphatic carbocycles. The maximum atomic E-state index is 12.3. The zero-order valence-electron chi connectivity index (χ0n) is 13.4. The number of aromatic hydroxyl groups is 1. The number of hydrogen-bond acceptors (Lipinski definition) is 4. The van der Waals surface area contributed by atoms with Crippen molar-refractivity contribution in [1.82, 2.24) is 4.68 Å². The Labute approximate surface area is 148 Å². The standard InChI is InChI=1S/C17H16BrN3O3/c1-10-4-5-11(2)21(10)20-17(23)13(9-19)6-12-7-14(18)16(22)15(8-12)24-3/h4-8,22H,1-3H3,(H,20,23)/b13-6-. The highest BCUT2D eigenvalue weighted by Crippen LogP contribution is 2.35.